The standard InChI is InChI=1S/C11H16BrNS/c1-3-8-13-9(2)4-5-10-6-7-11(12)14-10/h4-7,9,13H,3,8H2,1-2H3/b5-4+. The minimum absolute atomic E-state index is 0.454. The summed E-state index contributed by atoms with van der Waals surface area (Å²) in [5, 5.41) is 3.42. The minimum Gasteiger partial charge on any atom is -0.311 e. The van der Waals surface area contributed by atoms with Crippen molar-refractivity contribution < 1.29 is 0 Å². The van der Waals surface area contributed by atoms with Gasteiger partial charge < -0.3 is 5.32 Å². The molecule has 1 N–H and O–H groups in total. The lowest BCUT2D eigenvalue weighted by Crippen LogP contribution is -2.24. The fourth-order valence-electron chi connectivity index (χ4n) is 1.10. The molecule has 1 aromatic rings. The van der Waals surface area contributed by atoms with E-state index in [1.165, 1.54) is 15.1 Å². The highest BCUT2D eigenvalue weighted by atomic mass is 79.9. The predicted octanol–water partition coefficient (Wildman–Crippen LogP) is 3.91. The van der Waals surface area contributed by atoms with Gasteiger partial charge in [-0.25, -0.2) is 0 Å². The van der Waals surface area contributed by atoms with Gasteiger partial charge in [-0.15, -0.1) is 11.3 Å². The van der Waals surface area contributed by atoms with Crippen LogP contribution >= 0.6 is 27.3 Å². The normalized spacial score (nSPS) is 13.6. The van der Waals surface area contributed by atoms with Crippen LogP contribution in [0.4, 0.5) is 0 Å². The van der Waals surface area contributed by atoms with Crippen LogP contribution in [0.1, 0.15) is 25.1 Å². The second-order valence-corrected chi connectivity index (χ2v) is 5.74. The molecule has 0 spiro atoms. The van der Waals surface area contributed by atoms with Gasteiger partial charge in [0, 0.05) is 10.9 Å². The molecule has 1 nitrogen and oxygen atoms in total. The molecule has 0 saturated carbocycles. The Bertz CT molecular complexity index is 293. The van der Waals surface area contributed by atoms with E-state index in [4.69, 9.17) is 0 Å². The van der Waals surface area contributed by atoms with Gasteiger partial charge in [0.25, 0.3) is 0 Å². The number of thiophene rings is 1. The van der Waals surface area contributed by atoms with Crippen LogP contribution in [0, 0.1) is 0 Å². The third-order valence-corrected chi connectivity index (χ3v) is 3.45. The molecule has 3 heteroatoms. The first-order chi connectivity index (χ1) is 6.72. The van der Waals surface area contributed by atoms with E-state index in [1.54, 1.807) is 11.3 Å². The molecule has 1 aromatic heterocycles. The van der Waals surface area contributed by atoms with Crippen molar-refractivity contribution in [3.63, 3.8) is 0 Å². The molecule has 0 aliphatic rings. The summed E-state index contributed by atoms with van der Waals surface area (Å²) in [5.74, 6) is 0. The Morgan fingerprint density at radius 2 is 2.36 bits per heavy atom. The summed E-state index contributed by atoms with van der Waals surface area (Å²) < 4.78 is 1.19. The SMILES string of the molecule is CCCNC(C)/C=C/c1ccc(Br)s1. The van der Waals surface area contributed by atoms with Crippen molar-refractivity contribution >= 4 is 33.3 Å². The summed E-state index contributed by atoms with van der Waals surface area (Å²) in [7, 11) is 0. The van der Waals surface area contributed by atoms with E-state index < -0.39 is 0 Å². The molecular weight excluding hydrogens is 258 g/mol. The van der Waals surface area contributed by atoms with E-state index in [9.17, 15) is 0 Å². The summed E-state index contributed by atoms with van der Waals surface area (Å²) >= 11 is 5.21. The smallest absolute Gasteiger partial charge is 0.0704 e. The van der Waals surface area contributed by atoms with Gasteiger partial charge in [0.05, 0.1) is 3.79 Å². The topological polar surface area (TPSA) is 12.0 Å². The molecule has 14 heavy (non-hydrogen) atoms. The van der Waals surface area contributed by atoms with E-state index in [2.05, 4.69) is 59.4 Å². The average molecular weight is 274 g/mol. The zero-order valence-electron chi connectivity index (χ0n) is 8.59. The maximum absolute atomic E-state index is 3.45. The summed E-state index contributed by atoms with van der Waals surface area (Å²) in [4.78, 5) is 1.29. The van der Waals surface area contributed by atoms with Gasteiger partial charge in [0.1, 0.15) is 0 Å². The lowest BCUT2D eigenvalue weighted by molar-refractivity contribution is 0.625. The molecule has 1 atom stereocenters. The first kappa shape index (κ1) is 12.0. The van der Waals surface area contributed by atoms with Crippen molar-refractivity contribution in [1.82, 2.24) is 5.32 Å². The Kier molecular flexibility index (Phi) is 5.45. The zero-order valence-corrected chi connectivity index (χ0v) is 11.0. The van der Waals surface area contributed by atoms with Crippen molar-refractivity contribution in [2.24, 2.45) is 0 Å². The van der Waals surface area contributed by atoms with Crippen LogP contribution in [-0.4, -0.2) is 12.6 Å². The Hall–Kier alpha value is -0.120. The molecule has 0 aromatic carbocycles. The molecule has 1 rings (SSSR count). The largest absolute Gasteiger partial charge is 0.311 e. The van der Waals surface area contributed by atoms with Gasteiger partial charge in [-0.2, -0.15) is 0 Å². The van der Waals surface area contributed by atoms with Gasteiger partial charge in [-0.3, -0.25) is 0 Å². The zero-order chi connectivity index (χ0) is 10.4. The van der Waals surface area contributed by atoms with Gasteiger partial charge in [0.15, 0.2) is 0 Å². The number of hydrogen-bond acceptors (Lipinski definition) is 2. The molecule has 0 bridgehead atoms. The Morgan fingerprint density at radius 1 is 1.57 bits per heavy atom. The highest BCUT2D eigenvalue weighted by molar-refractivity contribution is 9.11. The van der Waals surface area contributed by atoms with Crippen molar-refractivity contribution in [2.75, 3.05) is 6.54 Å². The second kappa shape index (κ2) is 6.38. The fourth-order valence-corrected chi connectivity index (χ4v) is 2.43. The van der Waals surface area contributed by atoms with E-state index in [1.807, 2.05) is 0 Å². The van der Waals surface area contributed by atoms with Gasteiger partial charge in [0.2, 0.25) is 0 Å². The first-order valence-corrected chi connectivity index (χ1v) is 6.50. The molecule has 78 valence electrons. The van der Waals surface area contributed by atoms with Crippen LogP contribution in [-0.2, 0) is 0 Å². The van der Waals surface area contributed by atoms with Crippen LogP contribution in [0.2, 0.25) is 0 Å². The summed E-state index contributed by atoms with van der Waals surface area (Å²) in [6.45, 7) is 5.44. The minimum atomic E-state index is 0.454. The summed E-state index contributed by atoms with van der Waals surface area (Å²) in [6, 6.07) is 4.66. The second-order valence-electron chi connectivity index (χ2n) is 3.24. The van der Waals surface area contributed by atoms with Crippen molar-refractivity contribution in [1.29, 1.82) is 0 Å². The highest BCUT2D eigenvalue weighted by Gasteiger charge is 1.95. The number of hydrogen-bond donors (Lipinski definition) is 1. The number of rotatable bonds is 5. The van der Waals surface area contributed by atoms with Gasteiger partial charge >= 0.3 is 0 Å². The molecule has 1 unspecified atom stereocenters. The maximum atomic E-state index is 3.45. The number of nitrogens with one attached hydrogen (secondary N) is 1. The number of halogens is 1. The quantitative estimate of drug-likeness (QED) is 0.858. The van der Waals surface area contributed by atoms with Crippen molar-refractivity contribution in [3.05, 3.63) is 26.9 Å². The lowest BCUT2D eigenvalue weighted by Gasteiger charge is -2.06. The molecule has 0 saturated heterocycles. The van der Waals surface area contributed by atoms with Crippen molar-refractivity contribution in [3.8, 4) is 0 Å². The molecule has 0 fully saturated rings. The van der Waals surface area contributed by atoms with Gasteiger partial charge in [-0.05, 0) is 54.0 Å². The molecule has 0 radical (unpaired) electrons. The monoisotopic (exact) mass is 273 g/mol. The first-order valence-electron chi connectivity index (χ1n) is 4.89. The molecular formula is C11H16BrNS. The Balaban J connectivity index is 2.39. The van der Waals surface area contributed by atoms with Crippen LogP contribution in [0.15, 0.2) is 22.0 Å². The maximum Gasteiger partial charge on any atom is 0.0704 e. The highest BCUT2D eigenvalue weighted by Crippen LogP contribution is 2.23. The molecule has 0 aliphatic heterocycles. The van der Waals surface area contributed by atoms with Gasteiger partial charge in [-0.1, -0.05) is 13.0 Å². The van der Waals surface area contributed by atoms with E-state index in [0.29, 0.717) is 6.04 Å². The third-order valence-electron chi connectivity index (χ3n) is 1.86. The lowest BCUT2D eigenvalue weighted by atomic mass is 10.3. The van der Waals surface area contributed by atoms with Crippen LogP contribution < -0.4 is 5.32 Å². The van der Waals surface area contributed by atoms with Crippen LogP contribution in [0.5, 0.6) is 0 Å². The third kappa shape index (κ3) is 4.40. The van der Waals surface area contributed by atoms with E-state index >= 15 is 0 Å². The Labute approximate surface area is 98.4 Å². The average Bonchev–Trinajstić information content (AvgIpc) is 2.58. The molecule has 0 aliphatic carbocycles. The summed E-state index contributed by atoms with van der Waals surface area (Å²) in [6.07, 6.45) is 5.55. The molecule has 1 heterocycles. The Morgan fingerprint density at radius 3 is 2.93 bits per heavy atom. The van der Waals surface area contributed by atoms with E-state index in [-0.39, 0.29) is 0 Å². The van der Waals surface area contributed by atoms with E-state index in [0.717, 1.165) is 6.54 Å². The van der Waals surface area contributed by atoms with Crippen LogP contribution in [0.3, 0.4) is 0 Å². The van der Waals surface area contributed by atoms with Crippen LogP contribution in [0.25, 0.3) is 6.08 Å². The van der Waals surface area contributed by atoms with Crippen molar-refractivity contribution in [2.45, 2.75) is 26.3 Å². The summed E-state index contributed by atoms with van der Waals surface area (Å²) in [5.41, 5.74) is 0. The molecule has 0 amide bonds. The fraction of sp³-hybridized carbons (Fsp3) is 0.455. The predicted molar refractivity (Wildman–Crippen MR) is 68.8 cm³/mol.